The highest BCUT2D eigenvalue weighted by molar-refractivity contribution is 9.10. The topological polar surface area (TPSA) is 87.7 Å². The van der Waals surface area contributed by atoms with Crippen molar-refractivity contribution < 1.29 is 19.4 Å². The maximum absolute atomic E-state index is 12.4. The number of amides is 1. The van der Waals surface area contributed by atoms with Gasteiger partial charge in [-0.25, -0.2) is 4.79 Å². The van der Waals surface area contributed by atoms with Gasteiger partial charge in [0.1, 0.15) is 5.75 Å². The summed E-state index contributed by atoms with van der Waals surface area (Å²) in [7, 11) is 0. The quantitative estimate of drug-likeness (QED) is 0.568. The number of nitrogens with one attached hydrogen (secondary N) is 2. The molecule has 0 saturated heterocycles. The molecule has 0 fully saturated rings. The minimum absolute atomic E-state index is 0.00155. The van der Waals surface area contributed by atoms with Gasteiger partial charge in [-0.2, -0.15) is 0 Å². The summed E-state index contributed by atoms with van der Waals surface area (Å²) in [5.74, 6) is -0.565. The number of thiocarbonyl (C=S) groups is 1. The zero-order valence-electron chi connectivity index (χ0n) is 14.8. The SMILES string of the molecule is CC(C)COc1cccc(C(=O)NC(=S)Nc2ccc(Br)cc2C(=O)O)c1. The second kappa shape index (κ2) is 9.48. The van der Waals surface area contributed by atoms with Crippen LogP contribution in [0.15, 0.2) is 46.9 Å². The first-order valence-corrected chi connectivity index (χ1v) is 9.34. The third kappa shape index (κ3) is 6.33. The number of halogens is 1. The molecule has 0 unspecified atom stereocenters. The first-order chi connectivity index (χ1) is 12.8. The van der Waals surface area contributed by atoms with Crippen LogP contribution in [0.1, 0.15) is 34.6 Å². The first kappa shape index (κ1) is 20.9. The average Bonchev–Trinajstić information content (AvgIpc) is 2.61. The lowest BCUT2D eigenvalue weighted by Gasteiger charge is -2.13. The van der Waals surface area contributed by atoms with Crippen molar-refractivity contribution in [2.45, 2.75) is 13.8 Å². The molecule has 0 aromatic heterocycles. The Bertz CT molecular complexity index is 871. The highest BCUT2D eigenvalue weighted by atomic mass is 79.9. The minimum atomic E-state index is -1.11. The lowest BCUT2D eigenvalue weighted by Crippen LogP contribution is -2.34. The summed E-state index contributed by atoms with van der Waals surface area (Å²) in [6.45, 7) is 4.62. The van der Waals surface area contributed by atoms with Crippen LogP contribution in [0.4, 0.5) is 5.69 Å². The molecule has 3 N–H and O–H groups in total. The molecule has 0 heterocycles. The van der Waals surface area contributed by atoms with E-state index in [4.69, 9.17) is 17.0 Å². The molecule has 0 aliphatic rings. The highest BCUT2D eigenvalue weighted by Crippen LogP contribution is 2.21. The zero-order valence-corrected chi connectivity index (χ0v) is 17.2. The molecule has 0 radical (unpaired) electrons. The second-order valence-electron chi connectivity index (χ2n) is 6.14. The van der Waals surface area contributed by atoms with E-state index < -0.39 is 11.9 Å². The summed E-state index contributed by atoms with van der Waals surface area (Å²) >= 11 is 8.36. The van der Waals surface area contributed by atoms with E-state index in [-0.39, 0.29) is 16.4 Å². The first-order valence-electron chi connectivity index (χ1n) is 8.14. The van der Waals surface area contributed by atoms with Gasteiger partial charge >= 0.3 is 5.97 Å². The molecule has 0 saturated carbocycles. The van der Waals surface area contributed by atoms with Gasteiger partial charge in [0.2, 0.25) is 0 Å². The number of carbonyl (C=O) groups is 2. The summed E-state index contributed by atoms with van der Waals surface area (Å²) in [5.41, 5.74) is 0.699. The lowest BCUT2D eigenvalue weighted by molar-refractivity contribution is 0.0697. The minimum Gasteiger partial charge on any atom is -0.493 e. The molecule has 27 heavy (non-hydrogen) atoms. The van der Waals surface area contributed by atoms with Crippen molar-refractivity contribution in [3.8, 4) is 5.75 Å². The molecule has 8 heteroatoms. The van der Waals surface area contributed by atoms with Crippen LogP contribution in [-0.4, -0.2) is 28.7 Å². The van der Waals surface area contributed by atoms with Crippen LogP contribution in [0, 0.1) is 5.92 Å². The number of benzene rings is 2. The number of carboxylic acids is 1. The molecule has 1 amide bonds. The van der Waals surface area contributed by atoms with Gasteiger partial charge in [-0.1, -0.05) is 35.8 Å². The van der Waals surface area contributed by atoms with E-state index in [0.717, 1.165) is 0 Å². The Balaban J connectivity index is 2.05. The van der Waals surface area contributed by atoms with Crippen molar-refractivity contribution in [3.63, 3.8) is 0 Å². The van der Waals surface area contributed by atoms with Crippen LogP contribution < -0.4 is 15.4 Å². The van der Waals surface area contributed by atoms with Crippen molar-refractivity contribution >= 4 is 50.8 Å². The van der Waals surface area contributed by atoms with Gasteiger partial charge in [0.25, 0.3) is 5.91 Å². The maximum atomic E-state index is 12.4. The predicted molar refractivity (Wildman–Crippen MR) is 112 cm³/mol. The van der Waals surface area contributed by atoms with Crippen LogP contribution in [0.5, 0.6) is 5.75 Å². The molecule has 0 aliphatic heterocycles. The van der Waals surface area contributed by atoms with Crippen molar-refractivity contribution in [1.29, 1.82) is 0 Å². The summed E-state index contributed by atoms with van der Waals surface area (Å²) in [4.78, 5) is 23.7. The van der Waals surface area contributed by atoms with E-state index in [9.17, 15) is 14.7 Å². The number of hydrogen-bond donors (Lipinski definition) is 3. The molecule has 0 spiro atoms. The number of anilines is 1. The second-order valence-corrected chi connectivity index (χ2v) is 7.46. The average molecular weight is 451 g/mol. The molecule has 6 nitrogen and oxygen atoms in total. The third-order valence-corrected chi connectivity index (χ3v) is 4.06. The number of ether oxygens (including phenoxy) is 1. The lowest BCUT2D eigenvalue weighted by atomic mass is 10.2. The molecule has 2 aromatic rings. The van der Waals surface area contributed by atoms with Gasteiger partial charge in [0.05, 0.1) is 17.9 Å². The Morgan fingerprint density at radius 3 is 2.63 bits per heavy atom. The van der Waals surface area contributed by atoms with Crippen molar-refractivity contribution in [1.82, 2.24) is 5.32 Å². The number of rotatable bonds is 6. The van der Waals surface area contributed by atoms with Gasteiger partial charge < -0.3 is 15.2 Å². The van der Waals surface area contributed by atoms with Crippen LogP contribution in [-0.2, 0) is 0 Å². The number of aromatic carboxylic acids is 1. The molecule has 0 atom stereocenters. The zero-order chi connectivity index (χ0) is 20.0. The number of hydrogen-bond acceptors (Lipinski definition) is 4. The van der Waals surface area contributed by atoms with Crippen molar-refractivity contribution in [2.24, 2.45) is 5.92 Å². The van der Waals surface area contributed by atoms with Crippen LogP contribution in [0.3, 0.4) is 0 Å². The van der Waals surface area contributed by atoms with Gasteiger partial charge in [0.15, 0.2) is 5.11 Å². The Morgan fingerprint density at radius 1 is 1.22 bits per heavy atom. The van der Waals surface area contributed by atoms with E-state index >= 15 is 0 Å². The molecular weight excluding hydrogens is 432 g/mol. The van der Waals surface area contributed by atoms with Gasteiger partial charge in [0, 0.05) is 10.0 Å². The van der Waals surface area contributed by atoms with E-state index in [1.54, 1.807) is 36.4 Å². The summed E-state index contributed by atoms with van der Waals surface area (Å²) < 4.78 is 6.24. The van der Waals surface area contributed by atoms with Crippen LogP contribution in [0.25, 0.3) is 0 Å². The Morgan fingerprint density at radius 2 is 1.96 bits per heavy atom. The normalized spacial score (nSPS) is 10.4. The fourth-order valence-electron chi connectivity index (χ4n) is 2.12. The van der Waals surface area contributed by atoms with Gasteiger partial charge in [-0.05, 0) is 54.5 Å². The monoisotopic (exact) mass is 450 g/mol. The smallest absolute Gasteiger partial charge is 0.337 e. The van der Waals surface area contributed by atoms with Crippen LogP contribution in [0.2, 0.25) is 0 Å². The van der Waals surface area contributed by atoms with Crippen LogP contribution >= 0.6 is 28.1 Å². The van der Waals surface area contributed by atoms with Crippen molar-refractivity contribution in [2.75, 3.05) is 11.9 Å². The molecule has 0 bridgehead atoms. The largest absolute Gasteiger partial charge is 0.493 e. The Hall–Kier alpha value is -2.45. The van der Waals surface area contributed by atoms with Gasteiger partial charge in [-0.3, -0.25) is 10.1 Å². The predicted octanol–water partition coefficient (Wildman–Crippen LogP) is 4.31. The summed E-state index contributed by atoms with van der Waals surface area (Å²) in [5, 5.41) is 14.6. The number of carbonyl (C=O) groups excluding carboxylic acids is 1. The Labute approximate surface area is 171 Å². The maximum Gasteiger partial charge on any atom is 0.337 e. The van der Waals surface area contributed by atoms with E-state index in [0.29, 0.717) is 28.3 Å². The fraction of sp³-hybridized carbons (Fsp3) is 0.211. The Kier molecular flexibility index (Phi) is 7.32. The van der Waals surface area contributed by atoms with Gasteiger partial charge in [-0.15, -0.1) is 0 Å². The van der Waals surface area contributed by atoms with E-state index in [1.165, 1.54) is 6.07 Å². The highest BCUT2D eigenvalue weighted by Gasteiger charge is 2.14. The molecule has 2 rings (SSSR count). The molecule has 0 aliphatic carbocycles. The third-order valence-electron chi connectivity index (χ3n) is 3.37. The van der Waals surface area contributed by atoms with E-state index in [2.05, 4.69) is 26.6 Å². The van der Waals surface area contributed by atoms with E-state index in [1.807, 2.05) is 13.8 Å². The summed E-state index contributed by atoms with van der Waals surface area (Å²) in [6.07, 6.45) is 0. The fourth-order valence-corrected chi connectivity index (χ4v) is 2.69. The standard InChI is InChI=1S/C19H19BrN2O4S/c1-11(2)10-26-14-5-3-4-12(8-14)17(23)22-19(27)21-16-7-6-13(20)9-15(16)18(24)25/h3-9,11H,10H2,1-2H3,(H,24,25)(H2,21,22,23,27). The molecule has 2 aromatic carbocycles. The molecular formula is C19H19BrN2O4S. The molecule has 142 valence electrons. The van der Waals surface area contributed by atoms with Crippen molar-refractivity contribution in [3.05, 3.63) is 58.1 Å². The number of carboxylic acid groups (broad SMARTS) is 1. The summed E-state index contributed by atoms with van der Waals surface area (Å²) in [6, 6.07) is 11.5.